The summed E-state index contributed by atoms with van der Waals surface area (Å²) in [5.74, 6) is 0.459. The average molecular weight is 363 g/mol. The van der Waals surface area contributed by atoms with Crippen molar-refractivity contribution in [3.63, 3.8) is 0 Å². The minimum absolute atomic E-state index is 0.00438. The van der Waals surface area contributed by atoms with Gasteiger partial charge >= 0.3 is 0 Å². The van der Waals surface area contributed by atoms with Gasteiger partial charge in [0, 0.05) is 16.4 Å². The highest BCUT2D eigenvalue weighted by Crippen LogP contribution is 2.24. The minimum atomic E-state index is -0.136. The van der Waals surface area contributed by atoms with E-state index in [1.807, 2.05) is 0 Å². The van der Waals surface area contributed by atoms with E-state index in [2.05, 4.69) is 42.0 Å². The van der Waals surface area contributed by atoms with Gasteiger partial charge in [0.1, 0.15) is 5.75 Å². The van der Waals surface area contributed by atoms with Crippen molar-refractivity contribution in [3.8, 4) is 5.75 Å². The van der Waals surface area contributed by atoms with Crippen molar-refractivity contribution in [2.75, 3.05) is 13.2 Å². The molecule has 1 aromatic carbocycles. The Morgan fingerprint density at radius 1 is 1.45 bits per heavy atom. The van der Waals surface area contributed by atoms with Crippen molar-refractivity contribution >= 4 is 33.4 Å². The smallest absolute Gasteiger partial charge is 0.257 e. The lowest BCUT2D eigenvalue weighted by Crippen LogP contribution is -2.34. The van der Waals surface area contributed by atoms with Crippen molar-refractivity contribution < 1.29 is 9.53 Å². The van der Waals surface area contributed by atoms with Crippen LogP contribution in [0.1, 0.15) is 27.2 Å². The van der Waals surface area contributed by atoms with E-state index in [0.717, 1.165) is 6.42 Å². The monoisotopic (exact) mass is 361 g/mol. The highest BCUT2D eigenvalue weighted by molar-refractivity contribution is 9.09. The van der Waals surface area contributed by atoms with Gasteiger partial charge in [0.2, 0.25) is 0 Å². The lowest BCUT2D eigenvalue weighted by atomic mass is 9.90. The highest BCUT2D eigenvalue weighted by Gasteiger charge is 2.17. The van der Waals surface area contributed by atoms with Gasteiger partial charge in [0.05, 0.1) is 0 Å². The van der Waals surface area contributed by atoms with Crippen LogP contribution in [-0.4, -0.2) is 23.9 Å². The van der Waals surface area contributed by atoms with Crippen LogP contribution < -0.4 is 10.1 Å². The van der Waals surface area contributed by atoms with Crippen molar-refractivity contribution in [1.82, 2.24) is 5.32 Å². The molecule has 5 heteroatoms. The summed E-state index contributed by atoms with van der Waals surface area (Å²) in [6.45, 7) is 7.10. The van der Waals surface area contributed by atoms with Crippen LogP contribution in [0.2, 0.25) is 5.02 Å². The van der Waals surface area contributed by atoms with Gasteiger partial charge in [-0.1, -0.05) is 54.4 Å². The van der Waals surface area contributed by atoms with Gasteiger partial charge in [-0.2, -0.15) is 0 Å². The Labute approximate surface area is 134 Å². The largest absolute Gasteiger partial charge is 0.484 e. The number of hydrogen-bond donors (Lipinski definition) is 1. The summed E-state index contributed by atoms with van der Waals surface area (Å²) < 4.78 is 5.37. The topological polar surface area (TPSA) is 38.3 Å². The number of amides is 1. The van der Waals surface area contributed by atoms with E-state index in [1.54, 1.807) is 24.3 Å². The van der Waals surface area contributed by atoms with Crippen LogP contribution in [0.15, 0.2) is 24.3 Å². The SMILES string of the molecule is CC(C)(C)CC(Br)CNC(=O)COc1cccc(Cl)c1. The second-order valence-corrected chi connectivity index (χ2v) is 7.64. The Balaban J connectivity index is 2.27. The molecule has 0 aliphatic rings. The van der Waals surface area contributed by atoms with Crippen LogP contribution in [0, 0.1) is 5.41 Å². The maximum atomic E-state index is 11.7. The standard InChI is InChI=1S/C15H21BrClNO2/c1-15(2,3)8-11(16)9-18-14(19)10-20-13-6-4-5-12(17)7-13/h4-7,11H,8-10H2,1-3H3,(H,18,19). The molecule has 1 rings (SSSR count). The molecule has 1 amide bonds. The molecule has 1 atom stereocenters. The molecule has 0 bridgehead atoms. The fourth-order valence-electron chi connectivity index (χ4n) is 1.72. The van der Waals surface area contributed by atoms with Crippen molar-refractivity contribution in [3.05, 3.63) is 29.3 Å². The predicted octanol–water partition coefficient (Wildman–Crippen LogP) is 4.03. The predicted molar refractivity (Wildman–Crippen MR) is 86.7 cm³/mol. The van der Waals surface area contributed by atoms with Crippen LogP contribution in [0.25, 0.3) is 0 Å². The van der Waals surface area contributed by atoms with Gasteiger partial charge in [0.15, 0.2) is 6.61 Å². The van der Waals surface area contributed by atoms with Crippen LogP contribution in [0.4, 0.5) is 0 Å². The number of nitrogens with one attached hydrogen (secondary N) is 1. The van der Waals surface area contributed by atoms with E-state index in [9.17, 15) is 4.79 Å². The molecule has 0 fully saturated rings. The number of benzene rings is 1. The van der Waals surface area contributed by atoms with Gasteiger partial charge in [-0.05, 0) is 30.0 Å². The number of halogens is 2. The molecule has 0 heterocycles. The van der Waals surface area contributed by atoms with E-state index in [1.165, 1.54) is 0 Å². The second-order valence-electron chi connectivity index (χ2n) is 5.91. The zero-order chi connectivity index (χ0) is 15.2. The summed E-state index contributed by atoms with van der Waals surface area (Å²) in [6.07, 6.45) is 0.989. The summed E-state index contributed by atoms with van der Waals surface area (Å²) in [4.78, 5) is 11.9. The highest BCUT2D eigenvalue weighted by atomic mass is 79.9. The number of rotatable bonds is 6. The third-order valence-electron chi connectivity index (χ3n) is 2.52. The van der Waals surface area contributed by atoms with E-state index in [4.69, 9.17) is 16.3 Å². The molecule has 1 N–H and O–H groups in total. The summed E-state index contributed by atoms with van der Waals surface area (Å²) >= 11 is 9.41. The molecule has 1 unspecified atom stereocenters. The first kappa shape index (κ1) is 17.3. The molecule has 112 valence electrons. The normalized spacial score (nSPS) is 12.8. The maximum Gasteiger partial charge on any atom is 0.257 e. The molecule has 20 heavy (non-hydrogen) atoms. The Kier molecular flexibility index (Phi) is 6.83. The van der Waals surface area contributed by atoms with Crippen molar-refractivity contribution in [1.29, 1.82) is 0 Å². The lowest BCUT2D eigenvalue weighted by Gasteiger charge is -2.22. The Morgan fingerprint density at radius 3 is 2.75 bits per heavy atom. The van der Waals surface area contributed by atoms with Crippen LogP contribution in [0.3, 0.4) is 0 Å². The molecule has 0 aliphatic heterocycles. The van der Waals surface area contributed by atoms with Crippen molar-refractivity contribution in [2.24, 2.45) is 5.41 Å². The third-order valence-corrected chi connectivity index (χ3v) is 3.40. The van der Waals surface area contributed by atoms with Crippen LogP contribution in [0.5, 0.6) is 5.75 Å². The average Bonchev–Trinajstić information content (AvgIpc) is 2.32. The van der Waals surface area contributed by atoms with Gasteiger partial charge in [-0.15, -0.1) is 0 Å². The quantitative estimate of drug-likeness (QED) is 0.776. The molecule has 1 aromatic rings. The maximum absolute atomic E-state index is 11.7. The van der Waals surface area contributed by atoms with E-state index < -0.39 is 0 Å². The Bertz CT molecular complexity index is 446. The van der Waals surface area contributed by atoms with Gasteiger partial charge < -0.3 is 10.1 Å². The summed E-state index contributed by atoms with van der Waals surface area (Å²) in [6, 6.07) is 7.00. The zero-order valence-electron chi connectivity index (χ0n) is 12.1. The summed E-state index contributed by atoms with van der Waals surface area (Å²) in [5, 5.41) is 3.44. The van der Waals surface area contributed by atoms with Crippen molar-refractivity contribution in [2.45, 2.75) is 32.0 Å². The molecular formula is C15H21BrClNO2. The molecule has 0 spiro atoms. The number of ether oxygens (including phenoxy) is 1. The molecule has 0 aromatic heterocycles. The molecule has 0 aliphatic carbocycles. The molecule has 3 nitrogen and oxygen atoms in total. The number of alkyl halides is 1. The van der Waals surface area contributed by atoms with Gasteiger partial charge in [0.25, 0.3) is 5.91 Å². The van der Waals surface area contributed by atoms with Gasteiger partial charge in [-0.25, -0.2) is 0 Å². The van der Waals surface area contributed by atoms with Gasteiger partial charge in [-0.3, -0.25) is 4.79 Å². The number of hydrogen-bond acceptors (Lipinski definition) is 2. The summed E-state index contributed by atoms with van der Waals surface area (Å²) in [5.41, 5.74) is 0.232. The second kappa shape index (κ2) is 7.89. The molecule has 0 saturated carbocycles. The number of carbonyl (C=O) groups is 1. The zero-order valence-corrected chi connectivity index (χ0v) is 14.4. The van der Waals surface area contributed by atoms with E-state index in [-0.39, 0.29) is 22.8 Å². The van der Waals surface area contributed by atoms with Crippen LogP contribution in [-0.2, 0) is 4.79 Å². The Hall–Kier alpha value is -0.740. The van der Waals surface area contributed by atoms with E-state index in [0.29, 0.717) is 17.3 Å². The first-order valence-electron chi connectivity index (χ1n) is 6.55. The van der Waals surface area contributed by atoms with E-state index >= 15 is 0 Å². The first-order chi connectivity index (χ1) is 9.26. The summed E-state index contributed by atoms with van der Waals surface area (Å²) in [7, 11) is 0. The first-order valence-corrected chi connectivity index (χ1v) is 7.85. The minimum Gasteiger partial charge on any atom is -0.484 e. The number of carbonyl (C=O) groups excluding carboxylic acids is 1. The fraction of sp³-hybridized carbons (Fsp3) is 0.533. The fourth-order valence-corrected chi connectivity index (χ4v) is 3.03. The lowest BCUT2D eigenvalue weighted by molar-refractivity contribution is -0.123. The third kappa shape index (κ3) is 7.75. The molecule has 0 saturated heterocycles. The Morgan fingerprint density at radius 2 is 2.15 bits per heavy atom. The van der Waals surface area contributed by atoms with Crippen LogP contribution >= 0.6 is 27.5 Å². The molecule has 0 radical (unpaired) electrons. The molecular weight excluding hydrogens is 342 g/mol.